The van der Waals surface area contributed by atoms with E-state index in [2.05, 4.69) is 41.8 Å². The molecule has 4 heteroatoms. The summed E-state index contributed by atoms with van der Waals surface area (Å²) >= 11 is 3.57. The molecule has 0 saturated heterocycles. The summed E-state index contributed by atoms with van der Waals surface area (Å²) in [4.78, 5) is 0. The average Bonchev–Trinajstić information content (AvgIpc) is 2.69. The number of aryl methyl sites for hydroxylation is 1. The van der Waals surface area contributed by atoms with Crippen molar-refractivity contribution in [3.05, 3.63) is 16.4 Å². The number of halogens is 1. The maximum Gasteiger partial charge on any atom is 0.0696 e. The van der Waals surface area contributed by atoms with E-state index in [1.54, 1.807) is 0 Å². The first kappa shape index (κ1) is 14.7. The molecule has 98 valence electrons. The predicted molar refractivity (Wildman–Crippen MR) is 75.8 cm³/mol. The van der Waals surface area contributed by atoms with Crippen molar-refractivity contribution >= 4 is 15.9 Å². The minimum Gasteiger partial charge on any atom is -0.322 e. The predicted octanol–water partition coefficient (Wildman–Crippen LogP) is 3.88. The molecule has 0 saturated carbocycles. The SMILES string of the molecule is CCCC(CCC)C(N)c1c(Br)cnn1CC. The van der Waals surface area contributed by atoms with Crippen LogP contribution < -0.4 is 5.73 Å². The van der Waals surface area contributed by atoms with Crippen LogP contribution in [0.25, 0.3) is 0 Å². The van der Waals surface area contributed by atoms with Crippen LogP contribution in [0.2, 0.25) is 0 Å². The lowest BCUT2D eigenvalue weighted by Gasteiger charge is -2.24. The molecule has 3 nitrogen and oxygen atoms in total. The fourth-order valence-corrected chi connectivity index (χ4v) is 2.98. The normalized spacial score (nSPS) is 13.3. The van der Waals surface area contributed by atoms with Crippen molar-refractivity contribution in [3.8, 4) is 0 Å². The van der Waals surface area contributed by atoms with Crippen molar-refractivity contribution in [1.82, 2.24) is 9.78 Å². The van der Waals surface area contributed by atoms with E-state index in [4.69, 9.17) is 5.73 Å². The zero-order valence-corrected chi connectivity index (χ0v) is 12.7. The maximum atomic E-state index is 6.44. The molecule has 1 rings (SSSR count). The minimum absolute atomic E-state index is 0.0896. The average molecular weight is 302 g/mol. The lowest BCUT2D eigenvalue weighted by Crippen LogP contribution is -2.25. The van der Waals surface area contributed by atoms with E-state index in [0.717, 1.165) is 16.7 Å². The van der Waals surface area contributed by atoms with Gasteiger partial charge in [0.25, 0.3) is 0 Å². The third-order valence-corrected chi connectivity index (χ3v) is 3.89. The topological polar surface area (TPSA) is 43.8 Å². The van der Waals surface area contributed by atoms with E-state index in [9.17, 15) is 0 Å². The highest BCUT2D eigenvalue weighted by Crippen LogP contribution is 2.31. The summed E-state index contributed by atoms with van der Waals surface area (Å²) in [5, 5.41) is 4.35. The summed E-state index contributed by atoms with van der Waals surface area (Å²) in [6.07, 6.45) is 6.62. The van der Waals surface area contributed by atoms with Crippen molar-refractivity contribution in [2.24, 2.45) is 11.7 Å². The molecule has 0 amide bonds. The van der Waals surface area contributed by atoms with Gasteiger partial charge in [-0.05, 0) is 41.6 Å². The molecule has 1 aromatic rings. The molecule has 1 atom stereocenters. The Morgan fingerprint density at radius 1 is 1.29 bits per heavy atom. The van der Waals surface area contributed by atoms with E-state index in [0.29, 0.717) is 5.92 Å². The second kappa shape index (κ2) is 7.17. The lowest BCUT2D eigenvalue weighted by atomic mass is 9.89. The molecule has 2 N–H and O–H groups in total. The van der Waals surface area contributed by atoms with E-state index in [1.165, 1.54) is 25.7 Å². The highest BCUT2D eigenvalue weighted by molar-refractivity contribution is 9.10. The van der Waals surface area contributed by atoms with Gasteiger partial charge < -0.3 is 5.73 Å². The van der Waals surface area contributed by atoms with Crippen LogP contribution in [-0.2, 0) is 6.54 Å². The second-order valence-electron chi connectivity index (χ2n) is 4.56. The molecule has 0 fully saturated rings. The highest BCUT2D eigenvalue weighted by Gasteiger charge is 2.23. The lowest BCUT2D eigenvalue weighted by molar-refractivity contribution is 0.351. The fraction of sp³-hybridized carbons (Fsp3) is 0.769. The van der Waals surface area contributed by atoms with Gasteiger partial charge in [0.2, 0.25) is 0 Å². The molecular formula is C13H24BrN3. The number of hydrogen-bond acceptors (Lipinski definition) is 2. The third-order valence-electron chi connectivity index (χ3n) is 3.28. The van der Waals surface area contributed by atoms with Gasteiger partial charge in [-0.3, -0.25) is 4.68 Å². The molecule has 1 aromatic heterocycles. The van der Waals surface area contributed by atoms with E-state index in [-0.39, 0.29) is 6.04 Å². The fourth-order valence-electron chi connectivity index (χ4n) is 2.42. The van der Waals surface area contributed by atoms with Crippen LogP contribution in [0.4, 0.5) is 0 Å². The first-order chi connectivity index (χ1) is 8.15. The van der Waals surface area contributed by atoms with Gasteiger partial charge in [-0.25, -0.2) is 0 Å². The van der Waals surface area contributed by atoms with Crippen molar-refractivity contribution in [3.63, 3.8) is 0 Å². The molecule has 0 aromatic carbocycles. The van der Waals surface area contributed by atoms with Crippen LogP contribution in [-0.4, -0.2) is 9.78 Å². The Hall–Kier alpha value is -0.350. The smallest absolute Gasteiger partial charge is 0.0696 e. The van der Waals surface area contributed by atoms with Crippen molar-refractivity contribution in [2.75, 3.05) is 0 Å². The van der Waals surface area contributed by atoms with Crippen LogP contribution >= 0.6 is 15.9 Å². The molecule has 0 aliphatic rings. The third kappa shape index (κ3) is 3.55. The number of nitrogens with two attached hydrogens (primary N) is 1. The van der Waals surface area contributed by atoms with Gasteiger partial charge in [-0.2, -0.15) is 5.10 Å². The Morgan fingerprint density at radius 2 is 1.88 bits per heavy atom. The molecule has 0 spiro atoms. The van der Waals surface area contributed by atoms with E-state index in [1.807, 2.05) is 10.9 Å². The molecule has 0 aliphatic heterocycles. The molecule has 0 radical (unpaired) electrons. The van der Waals surface area contributed by atoms with Gasteiger partial charge >= 0.3 is 0 Å². The molecule has 17 heavy (non-hydrogen) atoms. The number of aromatic nitrogens is 2. The summed E-state index contributed by atoms with van der Waals surface area (Å²) < 4.78 is 3.05. The van der Waals surface area contributed by atoms with Gasteiger partial charge in [0.05, 0.1) is 22.4 Å². The number of hydrogen-bond donors (Lipinski definition) is 1. The largest absolute Gasteiger partial charge is 0.322 e. The molecule has 0 bridgehead atoms. The Morgan fingerprint density at radius 3 is 2.35 bits per heavy atom. The Kier molecular flexibility index (Phi) is 6.20. The molecule has 0 aliphatic carbocycles. The number of rotatable bonds is 7. The minimum atomic E-state index is 0.0896. The second-order valence-corrected chi connectivity index (χ2v) is 5.41. The number of nitrogens with zero attached hydrogens (tertiary/aromatic N) is 2. The summed E-state index contributed by atoms with van der Waals surface area (Å²) in [6.45, 7) is 7.42. The van der Waals surface area contributed by atoms with Gasteiger partial charge in [0.1, 0.15) is 0 Å². The first-order valence-corrected chi connectivity index (χ1v) is 7.41. The highest BCUT2D eigenvalue weighted by atomic mass is 79.9. The summed E-state index contributed by atoms with van der Waals surface area (Å²) in [5.41, 5.74) is 7.59. The Labute approximate surface area is 113 Å². The van der Waals surface area contributed by atoms with E-state index >= 15 is 0 Å². The molecular weight excluding hydrogens is 278 g/mol. The van der Waals surface area contributed by atoms with Crippen molar-refractivity contribution < 1.29 is 0 Å². The summed E-state index contributed by atoms with van der Waals surface area (Å²) in [7, 11) is 0. The van der Waals surface area contributed by atoms with Crippen LogP contribution in [0.5, 0.6) is 0 Å². The van der Waals surface area contributed by atoms with Gasteiger partial charge in [0, 0.05) is 6.54 Å². The van der Waals surface area contributed by atoms with E-state index < -0.39 is 0 Å². The van der Waals surface area contributed by atoms with Crippen LogP contribution in [0, 0.1) is 5.92 Å². The molecule has 1 heterocycles. The van der Waals surface area contributed by atoms with Crippen molar-refractivity contribution in [1.29, 1.82) is 0 Å². The van der Waals surface area contributed by atoms with Gasteiger partial charge in [-0.1, -0.05) is 26.7 Å². The summed E-state index contributed by atoms with van der Waals surface area (Å²) in [6, 6.07) is 0.0896. The van der Waals surface area contributed by atoms with Gasteiger partial charge in [0.15, 0.2) is 0 Å². The van der Waals surface area contributed by atoms with Crippen LogP contribution in [0.3, 0.4) is 0 Å². The first-order valence-electron chi connectivity index (χ1n) is 6.62. The van der Waals surface area contributed by atoms with Crippen LogP contribution in [0.15, 0.2) is 10.7 Å². The zero-order valence-electron chi connectivity index (χ0n) is 11.1. The maximum absolute atomic E-state index is 6.44. The van der Waals surface area contributed by atoms with Gasteiger partial charge in [-0.15, -0.1) is 0 Å². The Balaban J connectivity index is 2.90. The standard InChI is InChI=1S/C13H24BrN3/c1-4-7-10(8-5-2)12(15)13-11(14)9-16-17(13)6-3/h9-10,12H,4-8,15H2,1-3H3. The van der Waals surface area contributed by atoms with Crippen LogP contribution in [0.1, 0.15) is 58.2 Å². The van der Waals surface area contributed by atoms with Crippen molar-refractivity contribution in [2.45, 2.75) is 59.0 Å². The quantitative estimate of drug-likeness (QED) is 0.830. The Bertz CT molecular complexity index is 329. The zero-order chi connectivity index (χ0) is 12.8. The monoisotopic (exact) mass is 301 g/mol. The summed E-state index contributed by atoms with van der Waals surface area (Å²) in [5.74, 6) is 0.559. The molecule has 1 unspecified atom stereocenters.